The van der Waals surface area contributed by atoms with Crippen molar-refractivity contribution >= 4 is 11.8 Å². The SMILES string of the molecule is Cc1ccccc1CCNC(=O)Nc1cc(C)n(C)n1. The van der Waals surface area contributed by atoms with Gasteiger partial charge in [-0.15, -0.1) is 0 Å². The Labute approximate surface area is 119 Å². The number of aromatic nitrogens is 2. The lowest BCUT2D eigenvalue weighted by atomic mass is 10.1. The predicted octanol–water partition coefficient (Wildman–Crippen LogP) is 2.40. The smallest absolute Gasteiger partial charge is 0.320 e. The lowest BCUT2D eigenvalue weighted by Gasteiger charge is -2.07. The van der Waals surface area contributed by atoms with Gasteiger partial charge in [0.2, 0.25) is 0 Å². The molecular weight excluding hydrogens is 252 g/mol. The lowest BCUT2D eigenvalue weighted by Crippen LogP contribution is -2.30. The first-order chi connectivity index (χ1) is 9.56. The summed E-state index contributed by atoms with van der Waals surface area (Å²) in [4.78, 5) is 11.7. The van der Waals surface area contributed by atoms with Crippen LogP contribution in [0.15, 0.2) is 30.3 Å². The monoisotopic (exact) mass is 272 g/mol. The molecule has 1 heterocycles. The van der Waals surface area contributed by atoms with E-state index in [0.29, 0.717) is 12.4 Å². The van der Waals surface area contributed by atoms with Gasteiger partial charge in [-0.05, 0) is 31.4 Å². The molecule has 2 aromatic rings. The molecule has 0 unspecified atom stereocenters. The molecule has 0 saturated heterocycles. The van der Waals surface area contributed by atoms with Gasteiger partial charge < -0.3 is 5.32 Å². The third kappa shape index (κ3) is 3.60. The van der Waals surface area contributed by atoms with Gasteiger partial charge in [-0.3, -0.25) is 10.00 Å². The Balaban J connectivity index is 1.80. The molecule has 5 heteroatoms. The normalized spacial score (nSPS) is 10.3. The highest BCUT2D eigenvalue weighted by atomic mass is 16.2. The highest BCUT2D eigenvalue weighted by Gasteiger charge is 2.05. The Bertz CT molecular complexity index is 584. The van der Waals surface area contributed by atoms with Crippen molar-refractivity contribution in [1.29, 1.82) is 0 Å². The van der Waals surface area contributed by atoms with Crippen LogP contribution in [0.4, 0.5) is 10.6 Å². The highest BCUT2D eigenvalue weighted by Crippen LogP contribution is 2.08. The number of anilines is 1. The molecule has 0 saturated carbocycles. The van der Waals surface area contributed by atoms with Crippen molar-refractivity contribution in [3.05, 3.63) is 47.2 Å². The second kappa shape index (κ2) is 6.23. The molecule has 0 aliphatic carbocycles. The van der Waals surface area contributed by atoms with Gasteiger partial charge in [0.15, 0.2) is 5.82 Å². The van der Waals surface area contributed by atoms with Gasteiger partial charge in [-0.1, -0.05) is 24.3 Å². The molecule has 1 aromatic heterocycles. The Morgan fingerprint density at radius 3 is 2.70 bits per heavy atom. The van der Waals surface area contributed by atoms with Crippen LogP contribution in [0.3, 0.4) is 0 Å². The molecule has 20 heavy (non-hydrogen) atoms. The number of hydrogen-bond donors (Lipinski definition) is 2. The van der Waals surface area contributed by atoms with Gasteiger partial charge in [-0.25, -0.2) is 4.79 Å². The van der Waals surface area contributed by atoms with Crippen LogP contribution in [-0.4, -0.2) is 22.4 Å². The highest BCUT2D eigenvalue weighted by molar-refractivity contribution is 5.88. The molecule has 0 spiro atoms. The van der Waals surface area contributed by atoms with E-state index >= 15 is 0 Å². The van der Waals surface area contributed by atoms with Crippen LogP contribution >= 0.6 is 0 Å². The van der Waals surface area contributed by atoms with Crippen molar-refractivity contribution in [1.82, 2.24) is 15.1 Å². The molecule has 2 amide bonds. The predicted molar refractivity (Wildman–Crippen MR) is 79.8 cm³/mol. The average Bonchev–Trinajstić information content (AvgIpc) is 2.70. The fourth-order valence-electron chi connectivity index (χ4n) is 1.98. The summed E-state index contributed by atoms with van der Waals surface area (Å²) >= 11 is 0. The van der Waals surface area contributed by atoms with E-state index < -0.39 is 0 Å². The summed E-state index contributed by atoms with van der Waals surface area (Å²) in [6, 6.07) is 9.79. The van der Waals surface area contributed by atoms with E-state index in [4.69, 9.17) is 0 Å². The maximum Gasteiger partial charge on any atom is 0.320 e. The molecule has 0 aliphatic heterocycles. The van der Waals surface area contributed by atoms with E-state index in [9.17, 15) is 4.79 Å². The van der Waals surface area contributed by atoms with Crippen molar-refractivity contribution in [3.63, 3.8) is 0 Å². The summed E-state index contributed by atoms with van der Waals surface area (Å²) in [5.74, 6) is 0.568. The Hall–Kier alpha value is -2.30. The van der Waals surface area contributed by atoms with Crippen LogP contribution in [-0.2, 0) is 13.5 Å². The van der Waals surface area contributed by atoms with Gasteiger partial charge in [0, 0.05) is 25.4 Å². The largest absolute Gasteiger partial charge is 0.337 e. The van der Waals surface area contributed by atoms with Gasteiger partial charge >= 0.3 is 6.03 Å². The quantitative estimate of drug-likeness (QED) is 0.898. The van der Waals surface area contributed by atoms with Crippen LogP contribution in [0.5, 0.6) is 0 Å². The third-order valence-corrected chi connectivity index (χ3v) is 3.30. The summed E-state index contributed by atoms with van der Waals surface area (Å²) in [6.45, 7) is 4.61. The first-order valence-corrected chi connectivity index (χ1v) is 6.66. The summed E-state index contributed by atoms with van der Waals surface area (Å²) in [6.07, 6.45) is 0.821. The maximum absolute atomic E-state index is 11.7. The van der Waals surface area contributed by atoms with Gasteiger partial charge in [-0.2, -0.15) is 5.10 Å². The van der Waals surface area contributed by atoms with Crippen molar-refractivity contribution in [2.24, 2.45) is 7.05 Å². The summed E-state index contributed by atoms with van der Waals surface area (Å²) < 4.78 is 1.73. The van der Waals surface area contributed by atoms with E-state index in [2.05, 4.69) is 34.8 Å². The average molecular weight is 272 g/mol. The summed E-state index contributed by atoms with van der Waals surface area (Å²) in [7, 11) is 1.84. The number of benzene rings is 1. The number of hydrogen-bond acceptors (Lipinski definition) is 2. The molecule has 5 nitrogen and oxygen atoms in total. The maximum atomic E-state index is 11.7. The molecule has 0 bridgehead atoms. The van der Waals surface area contributed by atoms with Gasteiger partial charge in [0.05, 0.1) is 0 Å². The number of nitrogens with zero attached hydrogens (tertiary/aromatic N) is 2. The lowest BCUT2D eigenvalue weighted by molar-refractivity contribution is 0.252. The minimum Gasteiger partial charge on any atom is -0.337 e. The van der Waals surface area contributed by atoms with Crippen molar-refractivity contribution in [2.45, 2.75) is 20.3 Å². The fourth-order valence-corrected chi connectivity index (χ4v) is 1.98. The zero-order chi connectivity index (χ0) is 14.5. The Morgan fingerprint density at radius 1 is 1.30 bits per heavy atom. The fraction of sp³-hybridized carbons (Fsp3) is 0.333. The molecule has 106 valence electrons. The molecular formula is C15H20N4O. The van der Waals surface area contributed by atoms with Crippen LogP contribution in [0.25, 0.3) is 0 Å². The first kappa shape index (κ1) is 14.1. The number of rotatable bonds is 4. The second-order valence-electron chi connectivity index (χ2n) is 4.85. The summed E-state index contributed by atoms with van der Waals surface area (Å²) in [5, 5.41) is 9.73. The van der Waals surface area contributed by atoms with Crippen LogP contribution < -0.4 is 10.6 Å². The van der Waals surface area contributed by atoms with Crippen molar-refractivity contribution < 1.29 is 4.79 Å². The zero-order valence-electron chi connectivity index (χ0n) is 12.1. The number of carbonyl (C=O) groups excluding carboxylic acids is 1. The minimum atomic E-state index is -0.225. The van der Waals surface area contributed by atoms with Crippen molar-refractivity contribution in [3.8, 4) is 0 Å². The van der Waals surface area contributed by atoms with Crippen molar-refractivity contribution in [2.75, 3.05) is 11.9 Å². The van der Waals surface area contributed by atoms with Gasteiger partial charge in [0.25, 0.3) is 0 Å². The number of carbonyl (C=O) groups is 1. The molecule has 0 atom stereocenters. The van der Waals surface area contributed by atoms with E-state index in [0.717, 1.165) is 12.1 Å². The minimum absolute atomic E-state index is 0.225. The molecule has 0 aliphatic rings. The summed E-state index contributed by atoms with van der Waals surface area (Å²) in [5.41, 5.74) is 3.50. The van der Waals surface area contributed by atoms with E-state index in [1.165, 1.54) is 11.1 Å². The Morgan fingerprint density at radius 2 is 2.05 bits per heavy atom. The molecule has 0 fully saturated rings. The topological polar surface area (TPSA) is 59.0 Å². The number of nitrogens with one attached hydrogen (secondary N) is 2. The number of urea groups is 1. The number of amides is 2. The van der Waals surface area contributed by atoms with E-state index in [1.807, 2.05) is 32.2 Å². The second-order valence-corrected chi connectivity index (χ2v) is 4.85. The zero-order valence-corrected chi connectivity index (χ0v) is 12.1. The standard InChI is InChI=1S/C15H20N4O/c1-11-6-4-5-7-13(11)8-9-16-15(20)17-14-10-12(2)19(3)18-14/h4-7,10H,8-9H2,1-3H3,(H2,16,17,18,20). The van der Waals surface area contributed by atoms with E-state index in [-0.39, 0.29) is 6.03 Å². The molecule has 2 rings (SSSR count). The van der Waals surface area contributed by atoms with E-state index in [1.54, 1.807) is 4.68 Å². The van der Waals surface area contributed by atoms with Crippen LogP contribution in [0.2, 0.25) is 0 Å². The Kier molecular flexibility index (Phi) is 4.40. The first-order valence-electron chi connectivity index (χ1n) is 6.66. The molecule has 1 aromatic carbocycles. The molecule has 2 N–H and O–H groups in total. The van der Waals surface area contributed by atoms with Crippen LogP contribution in [0.1, 0.15) is 16.8 Å². The molecule has 0 radical (unpaired) electrons. The number of aryl methyl sites for hydroxylation is 3. The third-order valence-electron chi connectivity index (χ3n) is 3.30. The van der Waals surface area contributed by atoms with Gasteiger partial charge in [0.1, 0.15) is 0 Å². The van der Waals surface area contributed by atoms with Crippen LogP contribution in [0, 0.1) is 13.8 Å².